The minimum absolute atomic E-state index is 0.379. The Morgan fingerprint density at radius 1 is 1.23 bits per heavy atom. The van der Waals surface area contributed by atoms with Gasteiger partial charge in [0.1, 0.15) is 10.5 Å². The van der Waals surface area contributed by atoms with Gasteiger partial charge in [0.15, 0.2) is 0 Å². The summed E-state index contributed by atoms with van der Waals surface area (Å²) >= 11 is 5.94. The molecule has 0 saturated heterocycles. The van der Waals surface area contributed by atoms with Crippen molar-refractivity contribution in [3.8, 4) is 0 Å². The normalized spacial score (nSPS) is 11.4. The van der Waals surface area contributed by atoms with Crippen LogP contribution in [0.2, 0.25) is 0 Å². The summed E-state index contributed by atoms with van der Waals surface area (Å²) < 4.78 is 0. The van der Waals surface area contributed by atoms with Crippen LogP contribution in [0.15, 0.2) is 15.8 Å². The quantitative estimate of drug-likeness (QED) is 0.732. The molecule has 0 aliphatic rings. The van der Waals surface area contributed by atoms with Crippen molar-refractivity contribution in [2.75, 3.05) is 0 Å². The van der Waals surface area contributed by atoms with Crippen LogP contribution in [0.1, 0.15) is 25.5 Å². The maximum atomic E-state index is 4.51. The Labute approximate surface area is 86.4 Å². The first kappa shape index (κ1) is 8.97. The highest BCUT2D eigenvalue weighted by molar-refractivity contribution is 7.80. The van der Waals surface area contributed by atoms with E-state index in [1.807, 2.05) is 10.8 Å². The van der Waals surface area contributed by atoms with Gasteiger partial charge in [-0.05, 0) is 5.92 Å². The van der Waals surface area contributed by atoms with E-state index in [2.05, 4.69) is 36.4 Å². The van der Waals surface area contributed by atoms with Crippen LogP contribution < -0.4 is 0 Å². The molecule has 68 valence electrons. The predicted molar refractivity (Wildman–Crippen MR) is 58.8 cm³/mol. The molecular formula is C9H10N2S2. The Hall–Kier alpha value is -0.610. The van der Waals surface area contributed by atoms with Gasteiger partial charge in [-0.3, -0.25) is 0 Å². The maximum absolute atomic E-state index is 4.51. The van der Waals surface area contributed by atoms with E-state index in [0.29, 0.717) is 5.92 Å². The van der Waals surface area contributed by atoms with Crippen LogP contribution in [0, 0.1) is 0 Å². The zero-order valence-corrected chi connectivity index (χ0v) is 9.19. The van der Waals surface area contributed by atoms with Gasteiger partial charge >= 0.3 is 0 Å². The molecule has 0 spiro atoms. The van der Waals surface area contributed by atoms with E-state index in [0.717, 1.165) is 21.8 Å². The lowest BCUT2D eigenvalue weighted by Crippen LogP contribution is -1.96. The van der Waals surface area contributed by atoms with Gasteiger partial charge in [-0.2, -0.15) is 0 Å². The lowest BCUT2D eigenvalue weighted by atomic mass is 10.1. The minimum Gasteiger partial charge on any atom is -0.247 e. The molecular weight excluding hydrogens is 200 g/mol. The fourth-order valence-corrected chi connectivity index (χ4v) is 2.28. The van der Waals surface area contributed by atoms with E-state index in [-0.39, 0.29) is 0 Å². The molecule has 13 heavy (non-hydrogen) atoms. The van der Waals surface area contributed by atoms with Crippen LogP contribution in [0.25, 0.3) is 11.0 Å². The molecule has 0 aromatic carbocycles. The van der Waals surface area contributed by atoms with Crippen molar-refractivity contribution in [2.24, 2.45) is 0 Å². The van der Waals surface area contributed by atoms with E-state index in [9.17, 15) is 0 Å². The molecule has 2 rings (SSSR count). The summed E-state index contributed by atoms with van der Waals surface area (Å²) in [5.74, 6) is 0.379. The monoisotopic (exact) mass is 210 g/mol. The predicted octanol–water partition coefficient (Wildman–Crippen LogP) is 3.10. The molecule has 2 nitrogen and oxygen atoms in total. The van der Waals surface area contributed by atoms with Crippen molar-refractivity contribution >= 4 is 35.0 Å². The Morgan fingerprint density at radius 2 is 1.85 bits per heavy atom. The van der Waals surface area contributed by atoms with Crippen molar-refractivity contribution in [1.29, 1.82) is 0 Å². The van der Waals surface area contributed by atoms with Crippen LogP contribution in [0.4, 0.5) is 0 Å². The smallest absolute Gasteiger partial charge is 0.116 e. The molecule has 2 aromatic rings. The van der Waals surface area contributed by atoms with E-state index in [4.69, 9.17) is 0 Å². The number of aromatic nitrogens is 2. The van der Waals surface area contributed by atoms with Crippen LogP contribution in [0.3, 0.4) is 0 Å². The first-order chi connectivity index (χ1) is 6.18. The van der Waals surface area contributed by atoms with Crippen LogP contribution >= 0.6 is 24.0 Å². The number of nitrogens with zero attached hydrogens (tertiary/aromatic N) is 2. The minimum atomic E-state index is 0.379. The number of thiol groups is 1. The molecule has 0 amide bonds. The van der Waals surface area contributed by atoms with Gasteiger partial charge in [0.25, 0.3) is 0 Å². The van der Waals surface area contributed by atoms with Crippen molar-refractivity contribution in [3.05, 3.63) is 16.5 Å². The fraction of sp³-hybridized carbons (Fsp3) is 0.333. The summed E-state index contributed by atoms with van der Waals surface area (Å²) in [6.07, 6.45) is 0. The second-order valence-electron chi connectivity index (χ2n) is 3.23. The summed E-state index contributed by atoms with van der Waals surface area (Å²) in [5.41, 5.74) is 2.90. The average molecular weight is 210 g/mol. The second kappa shape index (κ2) is 3.27. The molecule has 0 radical (unpaired) electrons. The third-order valence-corrected chi connectivity index (χ3v) is 2.91. The third-order valence-electron chi connectivity index (χ3n) is 1.87. The Morgan fingerprint density at radius 3 is 2.46 bits per heavy atom. The zero-order chi connectivity index (χ0) is 9.42. The summed E-state index contributed by atoms with van der Waals surface area (Å²) in [6, 6.07) is 0. The highest BCUT2D eigenvalue weighted by Crippen LogP contribution is 2.23. The van der Waals surface area contributed by atoms with Gasteiger partial charge in [0, 0.05) is 10.8 Å². The molecule has 0 unspecified atom stereocenters. The lowest BCUT2D eigenvalue weighted by Gasteiger charge is -2.06. The van der Waals surface area contributed by atoms with E-state index >= 15 is 0 Å². The zero-order valence-electron chi connectivity index (χ0n) is 7.48. The molecule has 0 aliphatic carbocycles. The molecule has 0 aliphatic heterocycles. The summed E-state index contributed by atoms with van der Waals surface area (Å²) in [6.45, 7) is 4.20. The highest BCUT2D eigenvalue weighted by atomic mass is 32.1. The van der Waals surface area contributed by atoms with Crippen LogP contribution in [0.5, 0.6) is 0 Å². The van der Waals surface area contributed by atoms with Crippen LogP contribution in [-0.4, -0.2) is 9.97 Å². The van der Waals surface area contributed by atoms with Gasteiger partial charge in [0.2, 0.25) is 0 Å². The fourth-order valence-electron chi connectivity index (χ4n) is 1.19. The van der Waals surface area contributed by atoms with Gasteiger partial charge in [0.05, 0.1) is 11.2 Å². The largest absolute Gasteiger partial charge is 0.247 e. The number of rotatable bonds is 1. The Balaban J connectivity index is 2.69. The highest BCUT2D eigenvalue weighted by Gasteiger charge is 2.09. The molecule has 0 atom stereocenters. The SMILES string of the molecule is CC(C)c1nc2cscc2nc1S. The van der Waals surface area contributed by atoms with Gasteiger partial charge in [-0.25, -0.2) is 9.97 Å². The molecule has 0 fully saturated rings. The van der Waals surface area contributed by atoms with Crippen molar-refractivity contribution < 1.29 is 0 Å². The lowest BCUT2D eigenvalue weighted by molar-refractivity contribution is 0.785. The van der Waals surface area contributed by atoms with Crippen molar-refractivity contribution in [3.63, 3.8) is 0 Å². The molecule has 0 bridgehead atoms. The number of thiophene rings is 1. The Kier molecular flexibility index (Phi) is 2.26. The maximum Gasteiger partial charge on any atom is 0.116 e. The third kappa shape index (κ3) is 1.56. The Bertz CT molecular complexity index is 434. The summed E-state index contributed by atoms with van der Waals surface area (Å²) in [5, 5.41) is 4.76. The standard InChI is InChI=1S/C9H10N2S2/c1-5(2)8-9(12)11-7-4-13-3-6(7)10-8/h3-5H,1-2H3,(H,11,12). The summed E-state index contributed by atoms with van der Waals surface area (Å²) in [7, 11) is 0. The molecule has 2 aromatic heterocycles. The van der Waals surface area contributed by atoms with E-state index in [1.165, 1.54) is 0 Å². The second-order valence-corrected chi connectivity index (χ2v) is 4.40. The number of fused-ring (bicyclic) bond motifs is 1. The van der Waals surface area contributed by atoms with Gasteiger partial charge in [-0.1, -0.05) is 13.8 Å². The van der Waals surface area contributed by atoms with Gasteiger partial charge in [-0.15, -0.1) is 24.0 Å². The topological polar surface area (TPSA) is 25.8 Å². The summed E-state index contributed by atoms with van der Waals surface area (Å²) in [4.78, 5) is 8.87. The first-order valence-electron chi connectivity index (χ1n) is 4.11. The van der Waals surface area contributed by atoms with Crippen molar-refractivity contribution in [1.82, 2.24) is 9.97 Å². The van der Waals surface area contributed by atoms with Crippen molar-refractivity contribution in [2.45, 2.75) is 24.8 Å². The molecule has 4 heteroatoms. The van der Waals surface area contributed by atoms with E-state index in [1.54, 1.807) is 11.3 Å². The number of hydrogen-bond donors (Lipinski definition) is 1. The molecule has 0 N–H and O–H groups in total. The molecule has 0 saturated carbocycles. The number of hydrogen-bond acceptors (Lipinski definition) is 4. The van der Waals surface area contributed by atoms with Crippen LogP contribution in [-0.2, 0) is 0 Å². The molecule has 2 heterocycles. The average Bonchev–Trinajstić information content (AvgIpc) is 2.48. The first-order valence-corrected chi connectivity index (χ1v) is 5.50. The van der Waals surface area contributed by atoms with Gasteiger partial charge < -0.3 is 0 Å². The van der Waals surface area contributed by atoms with E-state index < -0.39 is 0 Å².